The predicted molar refractivity (Wildman–Crippen MR) is 139 cm³/mol. The van der Waals surface area contributed by atoms with Crippen molar-refractivity contribution in [3.8, 4) is 16.9 Å². The number of amides is 1. The largest absolute Gasteiger partial charge is 0.497 e. The van der Waals surface area contributed by atoms with Crippen molar-refractivity contribution in [2.75, 3.05) is 18.6 Å². The maximum absolute atomic E-state index is 14.8. The Labute approximate surface area is 225 Å². The fourth-order valence-electron chi connectivity index (χ4n) is 5.23. The number of nitrogens with zero attached hydrogens (tertiary/aromatic N) is 6. The lowest BCUT2D eigenvalue weighted by Crippen LogP contribution is -2.38. The summed E-state index contributed by atoms with van der Waals surface area (Å²) in [7, 11) is 2.84. The van der Waals surface area contributed by atoms with E-state index in [1.54, 1.807) is 41.5 Å². The van der Waals surface area contributed by atoms with Crippen LogP contribution in [0.4, 0.5) is 23.2 Å². The molecule has 12 heteroatoms. The van der Waals surface area contributed by atoms with E-state index >= 15 is 0 Å². The number of anilines is 1. The minimum absolute atomic E-state index is 0.0985. The van der Waals surface area contributed by atoms with Gasteiger partial charge < -0.3 is 14.2 Å². The van der Waals surface area contributed by atoms with Gasteiger partial charge in [-0.3, -0.25) is 14.5 Å². The van der Waals surface area contributed by atoms with Crippen LogP contribution < -0.4 is 9.64 Å². The van der Waals surface area contributed by atoms with Gasteiger partial charge >= 0.3 is 6.18 Å². The molecule has 0 bridgehead atoms. The number of carbonyl (C=O) groups excluding carboxylic acids is 1. The monoisotopic (exact) mass is 550 g/mol. The summed E-state index contributed by atoms with van der Waals surface area (Å²) in [5, 5.41) is 4.33. The molecule has 0 fully saturated rings. The maximum Gasteiger partial charge on any atom is 0.435 e. The van der Waals surface area contributed by atoms with E-state index in [1.165, 1.54) is 43.7 Å². The van der Waals surface area contributed by atoms with Gasteiger partial charge in [0, 0.05) is 72.9 Å². The molecule has 3 aromatic heterocycles. The Morgan fingerprint density at radius 3 is 2.55 bits per heavy atom. The van der Waals surface area contributed by atoms with Crippen LogP contribution in [0.1, 0.15) is 27.2 Å². The summed E-state index contributed by atoms with van der Waals surface area (Å²) >= 11 is 0. The molecule has 1 aliphatic rings. The van der Waals surface area contributed by atoms with Gasteiger partial charge in [-0.1, -0.05) is 0 Å². The highest BCUT2D eigenvalue weighted by Gasteiger charge is 2.39. The van der Waals surface area contributed by atoms with Crippen molar-refractivity contribution in [2.45, 2.75) is 19.1 Å². The molecule has 40 heavy (non-hydrogen) atoms. The second-order valence-corrected chi connectivity index (χ2v) is 9.54. The van der Waals surface area contributed by atoms with Crippen molar-refractivity contribution in [3.05, 3.63) is 89.8 Å². The van der Waals surface area contributed by atoms with Gasteiger partial charge in [0.2, 0.25) is 0 Å². The van der Waals surface area contributed by atoms with E-state index in [4.69, 9.17) is 4.74 Å². The van der Waals surface area contributed by atoms with Crippen molar-refractivity contribution in [2.24, 2.45) is 7.05 Å². The molecule has 0 unspecified atom stereocenters. The van der Waals surface area contributed by atoms with E-state index in [1.807, 2.05) is 0 Å². The number of aryl methyl sites for hydroxylation is 1. The molecule has 0 atom stereocenters. The van der Waals surface area contributed by atoms with Crippen LogP contribution in [0.2, 0.25) is 0 Å². The molecule has 0 N–H and O–H groups in total. The standard InChI is InChI=1S/C28H22F4N6O2/c1-36-14-23(26(35-36)28(30,31)32)19-7-16(13-37-6-4-33-15-37)8-21-18(19)3-5-38(27(21)39)25-12-34-11-22-20(25)9-17(40-2)10-24(22)29/h4,6-12,14-15H,3,5,13H2,1-2H3. The Bertz CT molecular complexity index is 1760. The van der Waals surface area contributed by atoms with E-state index in [0.717, 1.165) is 4.68 Å². The lowest BCUT2D eigenvalue weighted by atomic mass is 9.88. The quantitative estimate of drug-likeness (QED) is 0.280. The second-order valence-electron chi connectivity index (χ2n) is 9.54. The van der Waals surface area contributed by atoms with Gasteiger partial charge in [0.15, 0.2) is 5.69 Å². The number of hydrogen-bond acceptors (Lipinski definition) is 5. The van der Waals surface area contributed by atoms with Crippen LogP contribution in [0, 0.1) is 5.82 Å². The van der Waals surface area contributed by atoms with Gasteiger partial charge in [-0.15, -0.1) is 0 Å². The first-order valence-electron chi connectivity index (χ1n) is 12.3. The van der Waals surface area contributed by atoms with Crippen molar-refractivity contribution in [1.29, 1.82) is 0 Å². The number of carbonyl (C=O) groups is 1. The van der Waals surface area contributed by atoms with Gasteiger partial charge in [-0.05, 0) is 41.3 Å². The Balaban J connectivity index is 1.53. The fraction of sp³-hybridized carbons (Fsp3) is 0.214. The molecule has 0 saturated heterocycles. The third kappa shape index (κ3) is 4.34. The molecule has 5 aromatic rings. The van der Waals surface area contributed by atoms with Crippen molar-refractivity contribution in [1.82, 2.24) is 24.3 Å². The lowest BCUT2D eigenvalue weighted by Gasteiger charge is -2.31. The number of rotatable bonds is 5. The summed E-state index contributed by atoms with van der Waals surface area (Å²) in [4.78, 5) is 23.7. The average Bonchev–Trinajstić information content (AvgIpc) is 3.58. The Morgan fingerprint density at radius 2 is 1.82 bits per heavy atom. The number of halogens is 4. The average molecular weight is 551 g/mol. The van der Waals surface area contributed by atoms with E-state index in [0.29, 0.717) is 27.8 Å². The summed E-state index contributed by atoms with van der Waals surface area (Å²) in [5.41, 5.74) is 0.922. The number of pyridine rings is 1. The number of benzene rings is 2. The Kier molecular flexibility index (Phi) is 6.05. The molecule has 1 amide bonds. The fourth-order valence-corrected chi connectivity index (χ4v) is 5.23. The third-order valence-electron chi connectivity index (χ3n) is 6.99. The number of alkyl halides is 3. The molecular weight excluding hydrogens is 528 g/mol. The van der Waals surface area contributed by atoms with Crippen molar-refractivity contribution in [3.63, 3.8) is 0 Å². The number of ether oxygens (including phenoxy) is 1. The number of imidazole rings is 1. The Morgan fingerprint density at radius 1 is 1.02 bits per heavy atom. The molecule has 0 spiro atoms. The second kappa shape index (κ2) is 9.47. The van der Waals surface area contributed by atoms with E-state index in [9.17, 15) is 22.4 Å². The van der Waals surface area contributed by atoms with Crippen LogP contribution >= 0.6 is 0 Å². The Hall–Kier alpha value is -4.74. The molecule has 204 valence electrons. The minimum Gasteiger partial charge on any atom is -0.497 e. The molecule has 0 saturated carbocycles. The van der Waals surface area contributed by atoms with Crippen molar-refractivity contribution < 1.29 is 27.1 Å². The highest BCUT2D eigenvalue weighted by molar-refractivity contribution is 6.13. The van der Waals surface area contributed by atoms with Crippen LogP contribution in [0.15, 0.2) is 61.6 Å². The summed E-state index contributed by atoms with van der Waals surface area (Å²) < 4.78 is 64.8. The molecule has 2 aromatic carbocycles. The summed E-state index contributed by atoms with van der Waals surface area (Å²) in [5.74, 6) is -0.692. The van der Waals surface area contributed by atoms with E-state index in [2.05, 4.69) is 15.1 Å². The van der Waals surface area contributed by atoms with Gasteiger partial charge in [0.25, 0.3) is 5.91 Å². The molecule has 4 heterocycles. The SMILES string of the molecule is COc1cc(F)c2cncc(N3CCc4c(cc(Cn5ccnc5)cc4-c4cn(C)nc4C(F)(F)F)C3=O)c2c1. The van der Waals surface area contributed by atoms with Gasteiger partial charge in [-0.25, -0.2) is 9.37 Å². The summed E-state index contributed by atoms with van der Waals surface area (Å²) in [6.07, 6.45) is 4.64. The molecular formula is C28H22F4N6O2. The highest BCUT2D eigenvalue weighted by Crippen LogP contribution is 2.41. The minimum atomic E-state index is -4.69. The summed E-state index contributed by atoms with van der Waals surface area (Å²) in [6.45, 7) is 0.439. The lowest BCUT2D eigenvalue weighted by molar-refractivity contribution is -0.140. The van der Waals surface area contributed by atoms with E-state index in [-0.39, 0.29) is 41.8 Å². The maximum atomic E-state index is 14.8. The zero-order valence-corrected chi connectivity index (χ0v) is 21.4. The van der Waals surface area contributed by atoms with Gasteiger partial charge in [0.05, 0.1) is 25.3 Å². The highest BCUT2D eigenvalue weighted by atomic mass is 19.4. The molecule has 0 aliphatic carbocycles. The van der Waals surface area contributed by atoms with Crippen LogP contribution in [-0.2, 0) is 26.2 Å². The predicted octanol–water partition coefficient (Wildman–Crippen LogP) is 5.25. The van der Waals surface area contributed by atoms with Crippen LogP contribution in [-0.4, -0.2) is 43.9 Å². The van der Waals surface area contributed by atoms with Crippen LogP contribution in [0.5, 0.6) is 5.75 Å². The van der Waals surface area contributed by atoms with Crippen LogP contribution in [0.3, 0.4) is 0 Å². The number of hydrogen-bond donors (Lipinski definition) is 0. The zero-order chi connectivity index (χ0) is 28.2. The van der Waals surface area contributed by atoms with Crippen molar-refractivity contribution >= 4 is 22.4 Å². The van der Waals surface area contributed by atoms with Crippen LogP contribution in [0.25, 0.3) is 21.9 Å². The summed E-state index contributed by atoms with van der Waals surface area (Å²) in [6, 6.07) is 6.23. The number of aromatic nitrogens is 5. The first-order chi connectivity index (χ1) is 19.1. The molecule has 8 nitrogen and oxygen atoms in total. The zero-order valence-electron chi connectivity index (χ0n) is 21.4. The van der Waals surface area contributed by atoms with Gasteiger partial charge in [0.1, 0.15) is 11.6 Å². The molecule has 1 aliphatic heterocycles. The normalized spacial score (nSPS) is 13.7. The molecule has 6 rings (SSSR count). The smallest absolute Gasteiger partial charge is 0.435 e. The first kappa shape index (κ1) is 25.5. The first-order valence-corrected chi connectivity index (χ1v) is 12.3. The molecule has 0 radical (unpaired) electrons. The van der Waals surface area contributed by atoms with Gasteiger partial charge in [-0.2, -0.15) is 18.3 Å². The number of methoxy groups -OCH3 is 1. The number of fused-ring (bicyclic) bond motifs is 2. The third-order valence-corrected chi connectivity index (χ3v) is 6.99. The topological polar surface area (TPSA) is 78.1 Å². The van der Waals surface area contributed by atoms with E-state index < -0.39 is 23.6 Å².